The molecule has 0 bridgehead atoms. The zero-order chi connectivity index (χ0) is 56.4. The number of pyridine rings is 2. The lowest BCUT2D eigenvalue weighted by Gasteiger charge is -2.39. The maximum absolute atomic E-state index is 7.93. The summed E-state index contributed by atoms with van der Waals surface area (Å²) >= 11 is 0. The predicted octanol–water partition coefficient (Wildman–Crippen LogP) is 19.6. The Morgan fingerprint density at radius 1 is 0.326 bits per heavy atom. The Labute approximate surface area is 492 Å². The van der Waals surface area contributed by atoms with Gasteiger partial charge in [-0.2, -0.15) is 0 Å². The molecule has 1 atom stereocenters. The molecule has 0 radical (unpaired) electrons. The van der Waals surface area contributed by atoms with Crippen molar-refractivity contribution in [3.8, 4) is 56.8 Å². The van der Waals surface area contributed by atoms with Crippen LogP contribution in [0.2, 0.25) is 0 Å². The smallest absolute Gasteiger partial charge is 0.188 e. The number of nitrogens with zero attached hydrogens (tertiary/aromatic N) is 7. The van der Waals surface area contributed by atoms with Crippen molar-refractivity contribution in [1.29, 1.82) is 0 Å². The van der Waals surface area contributed by atoms with Crippen molar-refractivity contribution < 1.29 is 4.74 Å². The largest absolute Gasteiger partial charge is 0.457 e. The van der Waals surface area contributed by atoms with Gasteiger partial charge in [-0.3, -0.25) is 9.97 Å². The molecule has 0 fully saturated rings. The van der Waals surface area contributed by atoms with Crippen molar-refractivity contribution in [2.45, 2.75) is 5.41 Å². The average molecular weight is 1100 g/mol. The molecule has 1 spiro atoms. The minimum atomic E-state index is -0.938. The van der Waals surface area contributed by atoms with Gasteiger partial charge in [0.05, 0.1) is 90.8 Å². The lowest BCUT2D eigenvalue weighted by Crippen LogP contribution is -2.32. The lowest BCUT2D eigenvalue weighted by atomic mass is 9.66. The first-order chi connectivity index (χ1) is 42.6. The van der Waals surface area contributed by atoms with E-state index in [1.54, 1.807) is 0 Å². The summed E-state index contributed by atoms with van der Waals surface area (Å²) in [7, 11) is 0. The summed E-state index contributed by atoms with van der Waals surface area (Å²) in [4.78, 5) is 14.5. The number of hydrogen-bond acceptors (Lipinski definition) is 3. The zero-order valence-electron chi connectivity index (χ0n) is 46.0. The molecule has 19 rings (SSSR count). The van der Waals surface area contributed by atoms with Crippen LogP contribution in [0.25, 0.3) is 137 Å². The summed E-state index contributed by atoms with van der Waals surface area (Å²) in [5, 5.41) is 9.27. The molecule has 8 nitrogen and oxygen atoms in total. The van der Waals surface area contributed by atoms with Gasteiger partial charge in [0.15, 0.2) is 5.69 Å². The second-order valence-corrected chi connectivity index (χ2v) is 22.7. The van der Waals surface area contributed by atoms with Gasteiger partial charge in [-0.25, -0.2) is 4.85 Å². The molecule has 7 heterocycles. The number of benzene rings is 11. The minimum absolute atomic E-state index is 0.602. The highest BCUT2D eigenvalue weighted by Crippen LogP contribution is 2.62. The molecule has 8 heteroatoms. The molecule has 0 N–H and O–H groups in total. The van der Waals surface area contributed by atoms with E-state index in [-0.39, 0.29) is 0 Å². The number of rotatable bonds is 5. The van der Waals surface area contributed by atoms with E-state index in [4.69, 9.17) is 21.3 Å². The van der Waals surface area contributed by atoms with E-state index in [1.807, 2.05) is 24.5 Å². The van der Waals surface area contributed by atoms with Crippen molar-refractivity contribution in [3.63, 3.8) is 0 Å². The Kier molecular flexibility index (Phi) is 9.45. The maximum Gasteiger partial charge on any atom is 0.188 e. The van der Waals surface area contributed by atoms with Crippen LogP contribution in [0.4, 0.5) is 5.69 Å². The third-order valence-corrected chi connectivity index (χ3v) is 18.5. The second kappa shape index (κ2) is 17.4. The van der Waals surface area contributed by atoms with Crippen molar-refractivity contribution in [2.24, 2.45) is 0 Å². The van der Waals surface area contributed by atoms with E-state index in [0.717, 1.165) is 128 Å². The second-order valence-electron chi connectivity index (χ2n) is 22.7. The molecule has 0 amide bonds. The average Bonchev–Trinajstić information content (AvgIpc) is 1.51. The van der Waals surface area contributed by atoms with Crippen LogP contribution in [0.3, 0.4) is 0 Å². The molecule has 2 aliphatic rings. The fraction of sp³-hybridized carbons (Fsp3) is 0.0128. The van der Waals surface area contributed by atoms with Gasteiger partial charge in [0, 0.05) is 72.3 Å². The number of fused-ring (bicyclic) bond motifs is 21. The first kappa shape index (κ1) is 46.8. The van der Waals surface area contributed by atoms with E-state index in [0.29, 0.717) is 5.69 Å². The molecule has 1 aliphatic heterocycles. The lowest BCUT2D eigenvalue weighted by molar-refractivity contribution is 0.436. The highest BCUT2D eigenvalue weighted by atomic mass is 16.5. The van der Waals surface area contributed by atoms with E-state index in [1.165, 1.54) is 38.0 Å². The molecule has 6 aromatic heterocycles. The molecule has 1 aliphatic carbocycles. The molecule has 11 aromatic carbocycles. The van der Waals surface area contributed by atoms with E-state index < -0.39 is 5.41 Å². The fourth-order valence-corrected chi connectivity index (χ4v) is 15.0. The van der Waals surface area contributed by atoms with Gasteiger partial charge in [-0.05, 0) is 125 Å². The van der Waals surface area contributed by atoms with Crippen LogP contribution in [0.1, 0.15) is 22.3 Å². The van der Waals surface area contributed by atoms with Crippen molar-refractivity contribution in [2.75, 3.05) is 0 Å². The highest BCUT2D eigenvalue weighted by molar-refractivity contribution is 6.14. The van der Waals surface area contributed by atoms with Gasteiger partial charge in [-0.15, -0.1) is 0 Å². The van der Waals surface area contributed by atoms with Gasteiger partial charge < -0.3 is 23.0 Å². The topological polar surface area (TPSA) is 59.1 Å². The Balaban J connectivity index is 0.844. The van der Waals surface area contributed by atoms with Gasteiger partial charge in [-0.1, -0.05) is 152 Å². The van der Waals surface area contributed by atoms with Crippen LogP contribution in [-0.4, -0.2) is 28.2 Å². The number of ether oxygens (including phenoxy) is 1. The van der Waals surface area contributed by atoms with Crippen molar-refractivity contribution >= 4 is 92.9 Å². The Hall–Kier alpha value is -11.8. The molecule has 0 saturated carbocycles. The summed E-state index contributed by atoms with van der Waals surface area (Å²) in [6.45, 7) is 7.93. The van der Waals surface area contributed by atoms with E-state index in [9.17, 15) is 0 Å². The fourth-order valence-electron chi connectivity index (χ4n) is 15.0. The first-order valence-corrected chi connectivity index (χ1v) is 29.1. The van der Waals surface area contributed by atoms with Crippen molar-refractivity contribution in [3.05, 3.63) is 307 Å². The Morgan fingerprint density at radius 3 is 1.41 bits per heavy atom. The SMILES string of the molecule is [C-]#[N+]c1ccc2c(c1)c1ccccc1n2-c1cnc2c(c1)C1(c3ccc(-n4c5ccccc5c5ccccc54)cc3Oc3ccc(-c4ccc5c(c4)c4ccccc4n5-c4ccccc4-n4c5ccccc5c5ccccc54)cc31)c1cccnc1-2. The summed E-state index contributed by atoms with van der Waals surface area (Å²) < 4.78 is 16.9. The summed E-state index contributed by atoms with van der Waals surface area (Å²) in [5.74, 6) is 1.52. The normalized spacial score (nSPS) is 14.2. The van der Waals surface area contributed by atoms with Crippen LogP contribution in [0, 0.1) is 6.57 Å². The molecule has 86 heavy (non-hydrogen) atoms. The quantitative estimate of drug-likeness (QED) is 0.161. The van der Waals surface area contributed by atoms with Crippen LogP contribution < -0.4 is 4.74 Å². The monoisotopic (exact) mass is 1100 g/mol. The molecule has 17 aromatic rings. The van der Waals surface area contributed by atoms with Gasteiger partial charge >= 0.3 is 0 Å². The van der Waals surface area contributed by atoms with Crippen LogP contribution >= 0.6 is 0 Å². The number of aromatic nitrogens is 6. The Morgan fingerprint density at radius 2 is 0.802 bits per heavy atom. The highest BCUT2D eigenvalue weighted by Gasteiger charge is 2.53. The first-order valence-electron chi connectivity index (χ1n) is 29.1. The van der Waals surface area contributed by atoms with Gasteiger partial charge in [0.25, 0.3) is 0 Å². The van der Waals surface area contributed by atoms with Gasteiger partial charge in [0.2, 0.25) is 0 Å². The zero-order valence-corrected chi connectivity index (χ0v) is 46.0. The molecular weight excluding hydrogens is 1050 g/mol. The van der Waals surface area contributed by atoms with Crippen LogP contribution in [0.15, 0.2) is 273 Å². The van der Waals surface area contributed by atoms with Crippen molar-refractivity contribution in [1.82, 2.24) is 28.2 Å². The summed E-state index contributed by atoms with van der Waals surface area (Å²) in [6, 6.07) is 93.9. The molecule has 398 valence electrons. The minimum Gasteiger partial charge on any atom is -0.457 e. The van der Waals surface area contributed by atoms with Crippen LogP contribution in [0.5, 0.6) is 11.5 Å². The van der Waals surface area contributed by atoms with Gasteiger partial charge in [0.1, 0.15) is 11.5 Å². The molecule has 1 unspecified atom stereocenters. The summed E-state index contributed by atoms with van der Waals surface area (Å²) in [5.41, 5.74) is 20.5. The van der Waals surface area contributed by atoms with Crippen LogP contribution in [-0.2, 0) is 5.41 Å². The maximum atomic E-state index is 7.93. The number of hydrogen-bond donors (Lipinski definition) is 0. The third kappa shape index (κ3) is 6.19. The predicted molar refractivity (Wildman–Crippen MR) is 348 cm³/mol. The van der Waals surface area contributed by atoms with E-state index in [2.05, 4.69) is 272 Å². The number of para-hydroxylation sites is 8. The molecule has 0 saturated heterocycles. The summed E-state index contributed by atoms with van der Waals surface area (Å²) in [6.07, 6.45) is 3.87. The molecular formula is C78H45N7O. The standard InChI is InChI=1S/C78H45N7O/c1-79-49-34-38-70-59(43-49)57-22-6-10-26-66(57)83(70)51-44-63-77(81-46-51)76-61(23-16-40-80-76)78(63)60-36-35-50(82-64-24-8-2-17-52(64)53-18-3-9-25-65(53)82)45-75(60)86-74-39-33-48(42-62(74)78)47-32-37-71-58(41-47)56-21-7-13-29-69(56)85(71)73-31-15-14-30-72(73)84-67-27-11-4-19-54(67)55-20-5-12-28-68(55)84/h2-46H. The van der Waals surface area contributed by atoms with E-state index >= 15 is 0 Å². The Bertz CT molecular complexity index is 5760. The third-order valence-electron chi connectivity index (χ3n) is 18.5.